The van der Waals surface area contributed by atoms with Crippen LogP contribution in [-0.4, -0.2) is 49.2 Å². The minimum absolute atomic E-state index is 0.114. The lowest BCUT2D eigenvalue weighted by atomic mass is 9.78. The first-order valence-electron chi connectivity index (χ1n) is 9.82. The summed E-state index contributed by atoms with van der Waals surface area (Å²) in [5, 5.41) is 0.309. The van der Waals surface area contributed by atoms with Crippen molar-refractivity contribution in [2.24, 2.45) is 5.92 Å². The lowest BCUT2D eigenvalue weighted by Gasteiger charge is -2.44. The smallest absolute Gasteiger partial charge is 0.255 e. The molecule has 0 aromatic heterocycles. The maximum absolute atomic E-state index is 13.3. The predicted molar refractivity (Wildman–Crippen MR) is 108 cm³/mol. The Labute approximate surface area is 167 Å². The summed E-state index contributed by atoms with van der Waals surface area (Å²) >= 11 is 6.32. The zero-order valence-corrected chi connectivity index (χ0v) is 17.9. The van der Waals surface area contributed by atoms with Crippen molar-refractivity contribution >= 4 is 27.5 Å². The van der Waals surface area contributed by atoms with Crippen molar-refractivity contribution in [3.05, 3.63) is 28.8 Å². The standard InChI is InChI=1S/C20H29ClN2O3S/c1-14(2)22(3)27(25,26)16-10-11-18(21)17(13-16)20(24)23-12-6-8-15-7-4-5-9-19(15)23/h10-11,13-15,19H,4-9,12H2,1-3H3. The van der Waals surface area contributed by atoms with E-state index in [4.69, 9.17) is 11.6 Å². The molecule has 1 amide bonds. The van der Waals surface area contributed by atoms with Crippen LogP contribution in [0.1, 0.15) is 62.7 Å². The number of carbonyl (C=O) groups excluding carboxylic acids is 1. The van der Waals surface area contributed by atoms with Gasteiger partial charge in [-0.2, -0.15) is 4.31 Å². The molecule has 7 heteroatoms. The summed E-state index contributed by atoms with van der Waals surface area (Å²) in [6, 6.07) is 4.54. The molecule has 0 bridgehead atoms. The highest BCUT2D eigenvalue weighted by Gasteiger charge is 2.37. The third-order valence-corrected chi connectivity index (χ3v) is 8.44. The van der Waals surface area contributed by atoms with E-state index in [1.165, 1.54) is 41.8 Å². The summed E-state index contributed by atoms with van der Waals surface area (Å²) in [7, 11) is -2.11. The first-order valence-corrected chi connectivity index (χ1v) is 11.6. The molecule has 3 rings (SSSR count). The first kappa shape index (κ1) is 20.6. The average molecular weight is 413 g/mol. The van der Waals surface area contributed by atoms with Gasteiger partial charge in [-0.05, 0) is 63.6 Å². The van der Waals surface area contributed by atoms with Gasteiger partial charge in [0.05, 0.1) is 15.5 Å². The van der Waals surface area contributed by atoms with E-state index in [2.05, 4.69) is 0 Å². The Balaban J connectivity index is 1.93. The monoisotopic (exact) mass is 412 g/mol. The number of nitrogens with zero attached hydrogens (tertiary/aromatic N) is 2. The number of sulfonamides is 1. The Hall–Kier alpha value is -1.11. The van der Waals surface area contributed by atoms with Gasteiger partial charge in [-0.15, -0.1) is 0 Å². The van der Waals surface area contributed by atoms with Crippen molar-refractivity contribution in [1.82, 2.24) is 9.21 Å². The Bertz CT molecular complexity index is 807. The number of hydrogen-bond acceptors (Lipinski definition) is 3. The number of rotatable bonds is 4. The Kier molecular flexibility index (Phi) is 6.18. The van der Waals surface area contributed by atoms with E-state index in [0.29, 0.717) is 16.5 Å². The molecule has 1 aromatic carbocycles. The molecule has 150 valence electrons. The van der Waals surface area contributed by atoms with Gasteiger partial charge in [-0.3, -0.25) is 4.79 Å². The van der Waals surface area contributed by atoms with Crippen LogP contribution in [0.15, 0.2) is 23.1 Å². The Morgan fingerprint density at radius 2 is 1.85 bits per heavy atom. The highest BCUT2D eigenvalue weighted by atomic mass is 35.5. The van der Waals surface area contributed by atoms with Crippen molar-refractivity contribution in [2.45, 2.75) is 69.4 Å². The van der Waals surface area contributed by atoms with Crippen LogP contribution in [0.2, 0.25) is 5.02 Å². The molecule has 1 aliphatic carbocycles. The maximum Gasteiger partial charge on any atom is 0.255 e. The van der Waals surface area contributed by atoms with Crippen LogP contribution in [0.3, 0.4) is 0 Å². The Morgan fingerprint density at radius 1 is 1.19 bits per heavy atom. The molecule has 2 aliphatic rings. The number of amides is 1. The lowest BCUT2D eigenvalue weighted by Crippen LogP contribution is -2.49. The second kappa shape index (κ2) is 8.10. The molecule has 2 unspecified atom stereocenters. The zero-order chi connectivity index (χ0) is 19.8. The fourth-order valence-corrected chi connectivity index (χ4v) is 5.90. The molecule has 2 fully saturated rings. The van der Waals surface area contributed by atoms with Crippen LogP contribution >= 0.6 is 11.6 Å². The van der Waals surface area contributed by atoms with Gasteiger partial charge < -0.3 is 4.90 Å². The van der Waals surface area contributed by atoms with Crippen molar-refractivity contribution in [1.29, 1.82) is 0 Å². The molecule has 0 radical (unpaired) electrons. The fraction of sp³-hybridized carbons (Fsp3) is 0.650. The third kappa shape index (κ3) is 4.03. The Morgan fingerprint density at radius 3 is 2.56 bits per heavy atom. The molecule has 1 saturated heterocycles. The summed E-state index contributed by atoms with van der Waals surface area (Å²) < 4.78 is 27.0. The van der Waals surface area contributed by atoms with E-state index in [0.717, 1.165) is 25.8 Å². The first-order chi connectivity index (χ1) is 12.7. The molecule has 0 N–H and O–H groups in total. The summed E-state index contributed by atoms with van der Waals surface area (Å²) in [4.78, 5) is 15.3. The molecule has 1 aliphatic heterocycles. The number of likely N-dealkylation sites (tertiary alicyclic amines) is 1. The normalized spacial score (nSPS) is 23.6. The van der Waals surface area contributed by atoms with E-state index in [1.807, 2.05) is 18.7 Å². The van der Waals surface area contributed by atoms with E-state index in [-0.39, 0.29) is 22.9 Å². The third-order valence-electron chi connectivity index (χ3n) is 6.08. The molecular weight excluding hydrogens is 384 g/mol. The van der Waals surface area contributed by atoms with Crippen LogP contribution in [0.25, 0.3) is 0 Å². The number of piperidine rings is 1. The molecule has 5 nitrogen and oxygen atoms in total. The number of benzene rings is 1. The lowest BCUT2D eigenvalue weighted by molar-refractivity contribution is 0.0390. The molecule has 2 atom stereocenters. The van der Waals surface area contributed by atoms with Crippen LogP contribution in [-0.2, 0) is 10.0 Å². The van der Waals surface area contributed by atoms with Crippen LogP contribution < -0.4 is 0 Å². The van der Waals surface area contributed by atoms with Gasteiger partial charge in [0.25, 0.3) is 5.91 Å². The largest absolute Gasteiger partial charge is 0.335 e. The number of carbonyl (C=O) groups is 1. The number of halogens is 1. The molecular formula is C20H29ClN2O3S. The van der Waals surface area contributed by atoms with Gasteiger partial charge in [0.15, 0.2) is 0 Å². The SMILES string of the molecule is CC(C)N(C)S(=O)(=O)c1ccc(Cl)c(C(=O)N2CCCC3CCCCC32)c1. The predicted octanol–water partition coefficient (Wildman–Crippen LogP) is 4.16. The minimum atomic E-state index is -3.66. The quantitative estimate of drug-likeness (QED) is 0.745. The van der Waals surface area contributed by atoms with Crippen molar-refractivity contribution in [3.8, 4) is 0 Å². The van der Waals surface area contributed by atoms with Gasteiger partial charge in [0.1, 0.15) is 0 Å². The molecule has 27 heavy (non-hydrogen) atoms. The second-order valence-electron chi connectivity index (χ2n) is 8.01. The minimum Gasteiger partial charge on any atom is -0.335 e. The highest BCUT2D eigenvalue weighted by Crippen LogP contribution is 2.36. The summed E-state index contributed by atoms with van der Waals surface area (Å²) in [5.74, 6) is 0.426. The second-order valence-corrected chi connectivity index (χ2v) is 10.4. The van der Waals surface area contributed by atoms with E-state index >= 15 is 0 Å². The van der Waals surface area contributed by atoms with Gasteiger partial charge in [-0.25, -0.2) is 8.42 Å². The van der Waals surface area contributed by atoms with Crippen molar-refractivity contribution < 1.29 is 13.2 Å². The summed E-state index contributed by atoms with van der Waals surface area (Å²) in [6.45, 7) is 4.35. The van der Waals surface area contributed by atoms with Crippen molar-refractivity contribution in [2.75, 3.05) is 13.6 Å². The summed E-state index contributed by atoms with van der Waals surface area (Å²) in [6.07, 6.45) is 6.76. The molecule has 1 saturated carbocycles. The van der Waals surface area contributed by atoms with Gasteiger partial charge >= 0.3 is 0 Å². The maximum atomic E-state index is 13.3. The van der Waals surface area contributed by atoms with Gasteiger partial charge in [0.2, 0.25) is 10.0 Å². The molecule has 1 heterocycles. The number of hydrogen-bond donors (Lipinski definition) is 0. The average Bonchev–Trinajstić information content (AvgIpc) is 2.66. The van der Waals surface area contributed by atoms with Gasteiger partial charge in [0, 0.05) is 25.7 Å². The van der Waals surface area contributed by atoms with Crippen LogP contribution in [0.5, 0.6) is 0 Å². The van der Waals surface area contributed by atoms with Crippen LogP contribution in [0, 0.1) is 5.92 Å². The molecule has 1 aromatic rings. The van der Waals surface area contributed by atoms with Crippen molar-refractivity contribution in [3.63, 3.8) is 0 Å². The van der Waals surface area contributed by atoms with E-state index in [9.17, 15) is 13.2 Å². The topological polar surface area (TPSA) is 57.7 Å². The highest BCUT2D eigenvalue weighted by molar-refractivity contribution is 7.89. The van der Waals surface area contributed by atoms with Crippen LogP contribution in [0.4, 0.5) is 0 Å². The number of fused-ring (bicyclic) bond motifs is 1. The van der Waals surface area contributed by atoms with E-state index in [1.54, 1.807) is 7.05 Å². The zero-order valence-electron chi connectivity index (χ0n) is 16.3. The molecule has 0 spiro atoms. The van der Waals surface area contributed by atoms with E-state index < -0.39 is 10.0 Å². The fourth-order valence-electron chi connectivity index (χ4n) is 4.30. The summed E-state index contributed by atoms with van der Waals surface area (Å²) in [5.41, 5.74) is 0.293. The van der Waals surface area contributed by atoms with Gasteiger partial charge in [-0.1, -0.05) is 24.4 Å².